The van der Waals surface area contributed by atoms with Crippen LogP contribution >= 0.6 is 0 Å². The molecule has 1 unspecified atom stereocenters. The van der Waals surface area contributed by atoms with Crippen molar-refractivity contribution in [3.63, 3.8) is 0 Å². The minimum Gasteiger partial charge on any atom is -0.320 e. The lowest BCUT2D eigenvalue weighted by molar-refractivity contribution is -0.150. The first-order valence-electron chi connectivity index (χ1n) is 6.10. The van der Waals surface area contributed by atoms with Crippen molar-refractivity contribution < 1.29 is 9.59 Å². The zero-order valence-electron chi connectivity index (χ0n) is 10.4. The Hall–Kier alpha value is -1.76. The van der Waals surface area contributed by atoms with Crippen molar-refractivity contribution in [3.8, 4) is 0 Å². The Kier molecular flexibility index (Phi) is 3.71. The summed E-state index contributed by atoms with van der Waals surface area (Å²) in [6, 6.07) is -0.578. The molecule has 98 valence electrons. The van der Waals surface area contributed by atoms with Crippen LogP contribution in [-0.4, -0.2) is 37.5 Å². The van der Waals surface area contributed by atoms with E-state index in [0.29, 0.717) is 18.7 Å². The lowest BCUT2D eigenvalue weighted by atomic mass is 10.1. The molecule has 2 N–H and O–H groups in total. The Bertz CT molecular complexity index is 456. The number of amides is 2. The topological polar surface area (TPSA) is 94.1 Å². The van der Waals surface area contributed by atoms with E-state index in [2.05, 4.69) is 10.1 Å². The number of nitrogens with zero attached hydrogens (tertiary/aromatic N) is 4. The van der Waals surface area contributed by atoms with Gasteiger partial charge in [-0.2, -0.15) is 5.10 Å². The first kappa shape index (κ1) is 12.7. The van der Waals surface area contributed by atoms with Gasteiger partial charge in [0.2, 0.25) is 11.8 Å². The molecule has 7 heteroatoms. The second kappa shape index (κ2) is 5.26. The van der Waals surface area contributed by atoms with Crippen LogP contribution in [-0.2, 0) is 22.7 Å². The van der Waals surface area contributed by atoms with Gasteiger partial charge in [-0.05, 0) is 12.8 Å². The molecular weight excluding hydrogens is 234 g/mol. The van der Waals surface area contributed by atoms with E-state index < -0.39 is 6.04 Å². The average Bonchev–Trinajstić information content (AvgIpc) is 2.78. The highest BCUT2D eigenvalue weighted by Crippen LogP contribution is 2.14. The quantitative estimate of drug-likeness (QED) is 0.739. The van der Waals surface area contributed by atoms with Crippen LogP contribution in [0.15, 0.2) is 6.33 Å². The van der Waals surface area contributed by atoms with Crippen molar-refractivity contribution >= 4 is 11.8 Å². The summed E-state index contributed by atoms with van der Waals surface area (Å²) >= 11 is 0. The van der Waals surface area contributed by atoms with E-state index in [0.717, 1.165) is 13.0 Å². The number of aryl methyl sites for hydroxylation is 1. The number of aromatic nitrogens is 3. The third-order valence-electron chi connectivity index (χ3n) is 2.98. The van der Waals surface area contributed by atoms with Gasteiger partial charge < -0.3 is 5.73 Å². The third kappa shape index (κ3) is 2.40. The van der Waals surface area contributed by atoms with E-state index in [4.69, 9.17) is 5.73 Å². The van der Waals surface area contributed by atoms with Crippen molar-refractivity contribution in [1.29, 1.82) is 0 Å². The molecule has 2 heterocycles. The van der Waals surface area contributed by atoms with Crippen LogP contribution in [0.5, 0.6) is 0 Å². The van der Waals surface area contributed by atoms with Crippen LogP contribution in [0.25, 0.3) is 0 Å². The second-order valence-corrected chi connectivity index (χ2v) is 4.36. The predicted octanol–water partition coefficient (Wildman–Crippen LogP) is -0.336. The van der Waals surface area contributed by atoms with Gasteiger partial charge in [-0.15, -0.1) is 0 Å². The number of nitrogens with two attached hydrogens (primary N) is 1. The molecule has 2 amide bonds. The van der Waals surface area contributed by atoms with Gasteiger partial charge in [-0.1, -0.05) is 6.92 Å². The highest BCUT2D eigenvalue weighted by atomic mass is 16.2. The van der Waals surface area contributed by atoms with Gasteiger partial charge in [0.05, 0.1) is 12.6 Å². The fourth-order valence-corrected chi connectivity index (χ4v) is 1.98. The minimum absolute atomic E-state index is 0.158. The number of hydrogen-bond acceptors (Lipinski definition) is 5. The maximum absolute atomic E-state index is 11.9. The number of carbonyl (C=O) groups excluding carboxylic acids is 2. The molecule has 0 saturated carbocycles. The van der Waals surface area contributed by atoms with Gasteiger partial charge in [0, 0.05) is 13.0 Å². The summed E-state index contributed by atoms with van der Waals surface area (Å²) in [5, 5.41) is 4.07. The van der Waals surface area contributed by atoms with Crippen molar-refractivity contribution in [1.82, 2.24) is 19.7 Å². The van der Waals surface area contributed by atoms with Crippen LogP contribution in [0.3, 0.4) is 0 Å². The number of hydrogen-bond donors (Lipinski definition) is 1. The molecule has 1 aliphatic heterocycles. The third-order valence-corrected chi connectivity index (χ3v) is 2.98. The normalized spacial score (nSPS) is 20.6. The van der Waals surface area contributed by atoms with Crippen molar-refractivity contribution in [2.45, 2.75) is 45.3 Å². The van der Waals surface area contributed by atoms with Gasteiger partial charge in [0.1, 0.15) is 12.2 Å². The molecule has 18 heavy (non-hydrogen) atoms. The number of carbonyl (C=O) groups is 2. The number of imide groups is 1. The average molecular weight is 251 g/mol. The lowest BCUT2D eigenvalue weighted by Gasteiger charge is -2.28. The smallest absolute Gasteiger partial charge is 0.246 e. The van der Waals surface area contributed by atoms with E-state index in [1.54, 1.807) is 4.68 Å². The fourth-order valence-electron chi connectivity index (χ4n) is 1.98. The monoisotopic (exact) mass is 251 g/mol. The summed E-state index contributed by atoms with van der Waals surface area (Å²) in [5.74, 6) is 0.109. The summed E-state index contributed by atoms with van der Waals surface area (Å²) in [6.07, 6.45) is 3.09. The van der Waals surface area contributed by atoms with Gasteiger partial charge in [0.15, 0.2) is 0 Å². The molecule has 1 aromatic heterocycles. The van der Waals surface area contributed by atoms with Gasteiger partial charge in [-0.25, -0.2) is 9.67 Å². The maximum Gasteiger partial charge on any atom is 0.246 e. The Morgan fingerprint density at radius 2 is 2.28 bits per heavy atom. The molecule has 7 nitrogen and oxygen atoms in total. The minimum atomic E-state index is -0.578. The van der Waals surface area contributed by atoms with E-state index >= 15 is 0 Å². The Morgan fingerprint density at radius 3 is 3.00 bits per heavy atom. The van der Waals surface area contributed by atoms with Crippen LogP contribution in [0.1, 0.15) is 32.0 Å². The molecule has 1 aliphatic rings. The second-order valence-electron chi connectivity index (χ2n) is 4.36. The first-order chi connectivity index (χ1) is 8.63. The summed E-state index contributed by atoms with van der Waals surface area (Å²) in [4.78, 5) is 28.9. The van der Waals surface area contributed by atoms with Gasteiger partial charge in [0.25, 0.3) is 0 Å². The molecule has 1 fully saturated rings. The molecule has 1 aromatic rings. The van der Waals surface area contributed by atoms with E-state index in [9.17, 15) is 9.59 Å². The molecule has 2 rings (SSSR count). The summed E-state index contributed by atoms with van der Waals surface area (Å²) < 4.78 is 1.71. The van der Waals surface area contributed by atoms with Crippen LogP contribution in [0.4, 0.5) is 0 Å². The standard InChI is InChI=1S/C11H17N5O2/c1-2-5-16-9(13-7-14-16)6-15-10(17)4-3-8(12)11(15)18/h7-8H,2-6,12H2,1H3. The number of rotatable bonds is 4. The first-order valence-corrected chi connectivity index (χ1v) is 6.10. The van der Waals surface area contributed by atoms with E-state index in [1.807, 2.05) is 6.92 Å². The number of piperidine rings is 1. The Labute approximate surface area is 105 Å². The highest BCUT2D eigenvalue weighted by molar-refractivity contribution is 6.00. The van der Waals surface area contributed by atoms with Crippen molar-refractivity contribution in [3.05, 3.63) is 12.2 Å². The molecule has 0 aliphatic carbocycles. The zero-order valence-corrected chi connectivity index (χ0v) is 10.4. The van der Waals surface area contributed by atoms with Crippen molar-refractivity contribution in [2.75, 3.05) is 0 Å². The maximum atomic E-state index is 11.9. The van der Waals surface area contributed by atoms with Gasteiger partial charge >= 0.3 is 0 Å². The Balaban J connectivity index is 2.13. The van der Waals surface area contributed by atoms with Crippen molar-refractivity contribution in [2.24, 2.45) is 5.73 Å². The van der Waals surface area contributed by atoms with Gasteiger partial charge in [-0.3, -0.25) is 14.5 Å². The molecule has 0 bridgehead atoms. The SMILES string of the molecule is CCCn1ncnc1CN1C(=O)CCC(N)C1=O. The number of likely N-dealkylation sites (tertiary alicyclic amines) is 1. The fraction of sp³-hybridized carbons (Fsp3) is 0.636. The summed E-state index contributed by atoms with van der Waals surface area (Å²) in [5.41, 5.74) is 5.67. The summed E-state index contributed by atoms with van der Waals surface area (Å²) in [6.45, 7) is 2.90. The molecule has 1 atom stereocenters. The predicted molar refractivity (Wildman–Crippen MR) is 63.1 cm³/mol. The highest BCUT2D eigenvalue weighted by Gasteiger charge is 2.32. The molecule has 0 spiro atoms. The largest absolute Gasteiger partial charge is 0.320 e. The molecule has 0 radical (unpaired) electrons. The van der Waals surface area contributed by atoms with Crippen LogP contribution in [0.2, 0.25) is 0 Å². The summed E-state index contributed by atoms with van der Waals surface area (Å²) in [7, 11) is 0. The molecule has 0 aromatic carbocycles. The van der Waals surface area contributed by atoms with E-state index in [-0.39, 0.29) is 18.4 Å². The Morgan fingerprint density at radius 1 is 1.50 bits per heavy atom. The molecular formula is C11H17N5O2. The van der Waals surface area contributed by atoms with Crippen LogP contribution < -0.4 is 5.73 Å². The molecule has 1 saturated heterocycles. The van der Waals surface area contributed by atoms with E-state index in [1.165, 1.54) is 11.2 Å². The van der Waals surface area contributed by atoms with Crippen LogP contribution in [0, 0.1) is 0 Å². The lowest BCUT2D eigenvalue weighted by Crippen LogP contribution is -2.51. The zero-order chi connectivity index (χ0) is 13.1.